The van der Waals surface area contributed by atoms with Crippen molar-refractivity contribution in [2.45, 2.75) is 50.8 Å². The van der Waals surface area contributed by atoms with E-state index in [2.05, 4.69) is 10.6 Å². The number of carbonyl (C=O) groups is 3. The lowest BCUT2D eigenvalue weighted by Gasteiger charge is -2.16. The summed E-state index contributed by atoms with van der Waals surface area (Å²) in [6, 6.07) is 3.27. The minimum absolute atomic E-state index is 0.0403. The quantitative estimate of drug-likeness (QED) is 0.463. The summed E-state index contributed by atoms with van der Waals surface area (Å²) in [4.78, 5) is 38.4. The molecule has 1 saturated carbocycles. The van der Waals surface area contributed by atoms with Crippen molar-refractivity contribution in [3.8, 4) is 0 Å². The van der Waals surface area contributed by atoms with Crippen LogP contribution in [0.3, 0.4) is 0 Å². The van der Waals surface area contributed by atoms with E-state index < -0.39 is 35.6 Å². The van der Waals surface area contributed by atoms with Crippen molar-refractivity contribution in [2.75, 3.05) is 5.32 Å². The van der Waals surface area contributed by atoms with Gasteiger partial charge in [-0.2, -0.15) is 0 Å². The maximum Gasteiger partial charge on any atom is 0.294 e. The summed E-state index contributed by atoms with van der Waals surface area (Å²) in [5, 5.41) is 14.8. The Labute approximate surface area is 187 Å². The molecule has 1 aromatic heterocycles. The largest absolute Gasteiger partial charge is 0.391 e. The van der Waals surface area contributed by atoms with Gasteiger partial charge in [-0.05, 0) is 50.3 Å². The van der Waals surface area contributed by atoms with Gasteiger partial charge in [0.15, 0.2) is 0 Å². The van der Waals surface area contributed by atoms with Crippen molar-refractivity contribution in [3.63, 3.8) is 0 Å². The second-order valence-electron chi connectivity index (χ2n) is 7.73. The van der Waals surface area contributed by atoms with Gasteiger partial charge in [0.1, 0.15) is 11.5 Å². The summed E-state index contributed by atoms with van der Waals surface area (Å²) in [6.07, 6.45) is 2.45. The fourth-order valence-electron chi connectivity index (χ4n) is 4.22. The van der Waals surface area contributed by atoms with Gasteiger partial charge in [0.25, 0.3) is 17.6 Å². The third kappa shape index (κ3) is 4.07. The van der Waals surface area contributed by atoms with Gasteiger partial charge in [-0.15, -0.1) is 0 Å². The molecule has 1 aliphatic carbocycles. The average molecular weight is 468 g/mol. The SMILES string of the molecule is O=C(N[C@H]1CCC[C@H]1O)C(=O)c1c(Cl)c(C(=O)Nc2ccc(F)c(Cl)c2)c2n1CCC2. The molecule has 2 aromatic rings. The number of nitrogens with zero attached hydrogens (tertiary/aromatic N) is 1. The fourth-order valence-corrected chi connectivity index (χ4v) is 4.78. The number of carbonyl (C=O) groups excluding carboxylic acids is 3. The number of nitrogens with one attached hydrogen (secondary N) is 2. The van der Waals surface area contributed by atoms with Gasteiger partial charge < -0.3 is 20.3 Å². The van der Waals surface area contributed by atoms with E-state index >= 15 is 0 Å². The minimum Gasteiger partial charge on any atom is -0.391 e. The van der Waals surface area contributed by atoms with Crippen molar-refractivity contribution in [1.82, 2.24) is 9.88 Å². The second-order valence-corrected chi connectivity index (χ2v) is 8.51. The third-order valence-corrected chi connectivity index (χ3v) is 6.39. The van der Waals surface area contributed by atoms with Crippen LogP contribution in [0.5, 0.6) is 0 Å². The molecule has 0 spiro atoms. The van der Waals surface area contributed by atoms with Crippen LogP contribution in [0, 0.1) is 5.82 Å². The summed E-state index contributed by atoms with van der Waals surface area (Å²) in [5.74, 6) is -2.91. The molecule has 1 fully saturated rings. The first-order valence-electron chi connectivity index (χ1n) is 9.98. The number of Topliss-reactive ketones (excluding diaryl/α,β-unsaturated/α-hetero) is 1. The number of aliphatic hydroxyl groups is 1. The highest BCUT2D eigenvalue weighted by atomic mass is 35.5. The van der Waals surface area contributed by atoms with E-state index in [9.17, 15) is 23.9 Å². The number of halogens is 3. The standard InChI is InChI=1S/C21H20Cl2FN3O4/c22-11-9-10(6-7-12(11)24)25-20(30)16-14-4-2-8-27(14)18(17(16)23)19(29)21(31)26-13-3-1-5-15(13)28/h6-7,9,13,15,28H,1-5,8H2,(H,25,30)(H,26,31)/t13-,15+/m0/s1. The summed E-state index contributed by atoms with van der Waals surface area (Å²) in [6.45, 7) is 0.450. The molecule has 0 radical (unpaired) electrons. The first-order chi connectivity index (χ1) is 14.8. The van der Waals surface area contributed by atoms with Crippen LogP contribution in [0.15, 0.2) is 18.2 Å². The predicted octanol–water partition coefficient (Wildman–Crippen LogP) is 3.34. The van der Waals surface area contributed by atoms with E-state index in [4.69, 9.17) is 23.2 Å². The Bertz CT molecular complexity index is 1090. The molecule has 3 N–H and O–H groups in total. The number of hydrogen-bond donors (Lipinski definition) is 3. The first-order valence-corrected chi connectivity index (χ1v) is 10.7. The van der Waals surface area contributed by atoms with E-state index in [0.29, 0.717) is 37.9 Å². The topological polar surface area (TPSA) is 100 Å². The zero-order valence-electron chi connectivity index (χ0n) is 16.4. The molecule has 164 valence electrons. The van der Waals surface area contributed by atoms with Crippen molar-refractivity contribution >= 4 is 46.5 Å². The maximum atomic E-state index is 13.4. The number of benzene rings is 1. The van der Waals surface area contributed by atoms with Gasteiger partial charge in [-0.1, -0.05) is 23.2 Å². The third-order valence-electron chi connectivity index (χ3n) is 5.73. The molecule has 2 atom stereocenters. The van der Waals surface area contributed by atoms with Crippen molar-refractivity contribution in [2.24, 2.45) is 0 Å². The van der Waals surface area contributed by atoms with Gasteiger partial charge >= 0.3 is 0 Å². The molecule has 10 heteroatoms. The zero-order chi connectivity index (χ0) is 22.3. The van der Waals surface area contributed by atoms with Crippen LogP contribution < -0.4 is 10.6 Å². The minimum atomic E-state index is -0.864. The first kappa shape index (κ1) is 21.8. The van der Waals surface area contributed by atoms with Crippen LogP contribution in [-0.4, -0.2) is 39.4 Å². The fraction of sp³-hybridized carbons (Fsp3) is 0.381. The molecular weight excluding hydrogens is 448 g/mol. The lowest BCUT2D eigenvalue weighted by molar-refractivity contribution is -0.118. The van der Waals surface area contributed by atoms with Gasteiger partial charge in [0.2, 0.25) is 0 Å². The Morgan fingerprint density at radius 3 is 2.61 bits per heavy atom. The Balaban J connectivity index is 1.61. The van der Waals surface area contributed by atoms with E-state index in [0.717, 1.165) is 12.5 Å². The normalized spacial score (nSPS) is 19.9. The molecule has 0 saturated heterocycles. The van der Waals surface area contributed by atoms with E-state index in [1.807, 2.05) is 0 Å². The lowest BCUT2D eigenvalue weighted by Crippen LogP contribution is -2.43. The zero-order valence-corrected chi connectivity index (χ0v) is 17.9. The molecule has 4 rings (SSSR count). The molecule has 0 bridgehead atoms. The Morgan fingerprint density at radius 2 is 1.94 bits per heavy atom. The number of aromatic nitrogens is 1. The lowest BCUT2D eigenvalue weighted by atomic mass is 10.1. The second kappa shape index (κ2) is 8.61. The highest BCUT2D eigenvalue weighted by Crippen LogP contribution is 2.34. The summed E-state index contributed by atoms with van der Waals surface area (Å²) >= 11 is 12.2. The number of amides is 2. The molecule has 1 aliphatic heterocycles. The van der Waals surface area contributed by atoms with Crippen molar-refractivity contribution < 1.29 is 23.9 Å². The Hall–Kier alpha value is -2.42. The monoisotopic (exact) mass is 467 g/mol. The molecule has 0 unspecified atom stereocenters. The van der Waals surface area contributed by atoms with E-state index in [1.165, 1.54) is 12.1 Å². The average Bonchev–Trinajstić information content (AvgIpc) is 3.40. The number of rotatable bonds is 5. The number of ketones is 1. The number of anilines is 1. The highest BCUT2D eigenvalue weighted by molar-refractivity contribution is 6.48. The number of hydrogen-bond acceptors (Lipinski definition) is 4. The van der Waals surface area contributed by atoms with Gasteiger partial charge in [0.05, 0.1) is 27.8 Å². The van der Waals surface area contributed by atoms with Crippen LogP contribution in [0.4, 0.5) is 10.1 Å². The highest BCUT2D eigenvalue weighted by Gasteiger charge is 2.36. The Morgan fingerprint density at radius 1 is 1.16 bits per heavy atom. The van der Waals surface area contributed by atoms with Gasteiger partial charge in [-0.3, -0.25) is 14.4 Å². The molecule has 2 heterocycles. The maximum absolute atomic E-state index is 13.4. The Kier molecular flexibility index (Phi) is 6.05. The predicted molar refractivity (Wildman–Crippen MR) is 113 cm³/mol. The molecule has 2 aliphatic rings. The van der Waals surface area contributed by atoms with Gasteiger partial charge in [0, 0.05) is 17.9 Å². The number of aliphatic hydroxyl groups excluding tert-OH is 1. The summed E-state index contributed by atoms with van der Waals surface area (Å²) < 4.78 is 15.0. The van der Waals surface area contributed by atoms with Crippen LogP contribution in [-0.2, 0) is 17.8 Å². The number of fused-ring (bicyclic) bond motifs is 1. The van der Waals surface area contributed by atoms with Crippen LogP contribution in [0.1, 0.15) is 52.2 Å². The van der Waals surface area contributed by atoms with Crippen molar-refractivity contribution in [1.29, 1.82) is 0 Å². The van der Waals surface area contributed by atoms with E-state index in [-0.39, 0.29) is 27.0 Å². The summed E-state index contributed by atoms with van der Waals surface area (Å²) in [5.41, 5.74) is 0.900. The van der Waals surface area contributed by atoms with Crippen molar-refractivity contribution in [3.05, 3.63) is 51.0 Å². The van der Waals surface area contributed by atoms with E-state index in [1.54, 1.807) is 4.57 Å². The molecular formula is C21H20Cl2FN3O4. The molecule has 7 nitrogen and oxygen atoms in total. The molecule has 31 heavy (non-hydrogen) atoms. The smallest absolute Gasteiger partial charge is 0.294 e. The molecule has 2 amide bonds. The van der Waals surface area contributed by atoms with Crippen LogP contribution in [0.2, 0.25) is 10.0 Å². The van der Waals surface area contributed by atoms with Crippen LogP contribution in [0.25, 0.3) is 0 Å². The molecule has 1 aromatic carbocycles. The summed E-state index contributed by atoms with van der Waals surface area (Å²) in [7, 11) is 0. The van der Waals surface area contributed by atoms with Gasteiger partial charge in [-0.25, -0.2) is 4.39 Å². The van der Waals surface area contributed by atoms with Crippen LogP contribution >= 0.6 is 23.2 Å².